The van der Waals surface area contributed by atoms with Gasteiger partial charge in [0, 0.05) is 13.1 Å². The SMILES string of the molecule is COc1ccsc1C(=O)N1CCC[C@H](n2nc(C)nc2C)C1. The molecule has 3 rings (SSSR count). The van der Waals surface area contributed by atoms with E-state index in [2.05, 4.69) is 10.1 Å². The topological polar surface area (TPSA) is 60.2 Å². The zero-order chi connectivity index (χ0) is 15.7. The highest BCUT2D eigenvalue weighted by Crippen LogP contribution is 2.29. The quantitative estimate of drug-likeness (QED) is 0.871. The molecule has 0 unspecified atom stereocenters. The van der Waals surface area contributed by atoms with Gasteiger partial charge >= 0.3 is 0 Å². The molecule has 1 saturated heterocycles. The van der Waals surface area contributed by atoms with Gasteiger partial charge in [-0.05, 0) is 38.1 Å². The summed E-state index contributed by atoms with van der Waals surface area (Å²) in [5, 5.41) is 6.36. The zero-order valence-corrected chi connectivity index (χ0v) is 13.9. The second kappa shape index (κ2) is 6.08. The summed E-state index contributed by atoms with van der Waals surface area (Å²) in [6, 6.07) is 2.04. The summed E-state index contributed by atoms with van der Waals surface area (Å²) < 4.78 is 7.23. The Hall–Kier alpha value is -1.89. The van der Waals surface area contributed by atoms with Crippen molar-refractivity contribution in [3.63, 3.8) is 0 Å². The third-order valence-corrected chi connectivity index (χ3v) is 4.86. The lowest BCUT2D eigenvalue weighted by Crippen LogP contribution is -2.41. The second-order valence-corrected chi connectivity index (χ2v) is 6.43. The molecule has 0 aliphatic carbocycles. The Morgan fingerprint density at radius 3 is 2.95 bits per heavy atom. The van der Waals surface area contributed by atoms with Gasteiger partial charge < -0.3 is 9.64 Å². The highest BCUT2D eigenvalue weighted by atomic mass is 32.1. The molecule has 1 aliphatic rings. The van der Waals surface area contributed by atoms with Crippen LogP contribution in [0.15, 0.2) is 11.4 Å². The van der Waals surface area contributed by atoms with Crippen molar-refractivity contribution in [1.82, 2.24) is 19.7 Å². The van der Waals surface area contributed by atoms with Crippen molar-refractivity contribution in [2.45, 2.75) is 32.7 Å². The van der Waals surface area contributed by atoms with E-state index in [0.29, 0.717) is 17.2 Å². The van der Waals surface area contributed by atoms with Crippen LogP contribution in [0, 0.1) is 13.8 Å². The van der Waals surface area contributed by atoms with Crippen LogP contribution in [0.2, 0.25) is 0 Å². The van der Waals surface area contributed by atoms with E-state index in [1.807, 2.05) is 34.9 Å². The van der Waals surface area contributed by atoms with E-state index in [0.717, 1.165) is 31.0 Å². The van der Waals surface area contributed by atoms with E-state index in [1.165, 1.54) is 11.3 Å². The average molecular weight is 320 g/mol. The Morgan fingerprint density at radius 2 is 2.27 bits per heavy atom. The number of rotatable bonds is 3. The van der Waals surface area contributed by atoms with E-state index in [4.69, 9.17) is 4.74 Å². The Bertz CT molecular complexity index is 679. The first-order valence-electron chi connectivity index (χ1n) is 7.40. The first-order chi connectivity index (χ1) is 10.6. The number of hydrogen-bond donors (Lipinski definition) is 0. The molecular formula is C15H20N4O2S. The maximum Gasteiger partial charge on any atom is 0.267 e. The highest BCUT2D eigenvalue weighted by Gasteiger charge is 2.29. The summed E-state index contributed by atoms with van der Waals surface area (Å²) in [5.41, 5.74) is 0. The molecule has 6 nitrogen and oxygen atoms in total. The molecule has 1 atom stereocenters. The third kappa shape index (κ3) is 2.72. The van der Waals surface area contributed by atoms with Gasteiger partial charge in [-0.25, -0.2) is 9.67 Å². The Kier molecular flexibility index (Phi) is 4.15. The summed E-state index contributed by atoms with van der Waals surface area (Å²) in [7, 11) is 1.60. The van der Waals surface area contributed by atoms with E-state index in [1.54, 1.807) is 7.11 Å². The van der Waals surface area contributed by atoms with Gasteiger partial charge in [0.25, 0.3) is 5.91 Å². The van der Waals surface area contributed by atoms with Crippen LogP contribution in [0.3, 0.4) is 0 Å². The monoisotopic (exact) mass is 320 g/mol. The normalized spacial score (nSPS) is 18.5. The standard InChI is InChI=1S/C15H20N4O2S/c1-10-16-11(2)19(17-10)12-5-4-7-18(9-12)15(20)14-13(21-3)6-8-22-14/h6,8,12H,4-5,7,9H2,1-3H3/t12-/m0/s1. The molecule has 1 amide bonds. The van der Waals surface area contributed by atoms with Crippen molar-refractivity contribution in [1.29, 1.82) is 0 Å². The minimum Gasteiger partial charge on any atom is -0.495 e. The summed E-state index contributed by atoms with van der Waals surface area (Å²) in [4.78, 5) is 19.7. The van der Waals surface area contributed by atoms with Gasteiger partial charge in [-0.15, -0.1) is 11.3 Å². The van der Waals surface area contributed by atoms with E-state index in [-0.39, 0.29) is 11.9 Å². The van der Waals surface area contributed by atoms with Gasteiger partial charge in [0.2, 0.25) is 0 Å². The molecule has 3 heterocycles. The lowest BCUT2D eigenvalue weighted by atomic mass is 10.1. The molecular weight excluding hydrogens is 300 g/mol. The molecule has 7 heteroatoms. The van der Waals surface area contributed by atoms with Crippen molar-refractivity contribution < 1.29 is 9.53 Å². The summed E-state index contributed by atoms with van der Waals surface area (Å²) >= 11 is 1.43. The molecule has 0 saturated carbocycles. The van der Waals surface area contributed by atoms with Crippen LogP contribution in [-0.4, -0.2) is 45.8 Å². The number of likely N-dealkylation sites (tertiary alicyclic amines) is 1. The van der Waals surface area contributed by atoms with E-state index < -0.39 is 0 Å². The van der Waals surface area contributed by atoms with Crippen molar-refractivity contribution >= 4 is 17.2 Å². The number of methoxy groups -OCH3 is 1. The zero-order valence-electron chi connectivity index (χ0n) is 13.1. The summed E-state index contributed by atoms with van der Waals surface area (Å²) in [5.74, 6) is 2.39. The first kappa shape index (κ1) is 15.0. The van der Waals surface area contributed by atoms with Gasteiger partial charge in [0.05, 0.1) is 13.2 Å². The van der Waals surface area contributed by atoms with Crippen molar-refractivity contribution in [3.05, 3.63) is 28.0 Å². The lowest BCUT2D eigenvalue weighted by molar-refractivity contribution is 0.0673. The predicted octanol–water partition coefficient (Wildman–Crippen LogP) is 2.44. The maximum absolute atomic E-state index is 12.7. The molecule has 0 radical (unpaired) electrons. The Labute approximate surface area is 133 Å². The fourth-order valence-corrected chi connectivity index (χ4v) is 3.80. The van der Waals surface area contributed by atoms with Crippen LogP contribution in [0.25, 0.3) is 0 Å². The predicted molar refractivity (Wildman–Crippen MR) is 84.5 cm³/mol. The number of amides is 1. The van der Waals surface area contributed by atoms with Crippen LogP contribution in [0.1, 0.15) is 40.2 Å². The van der Waals surface area contributed by atoms with Gasteiger partial charge in [-0.3, -0.25) is 4.79 Å². The van der Waals surface area contributed by atoms with Crippen LogP contribution < -0.4 is 4.74 Å². The number of aromatic nitrogens is 3. The Balaban J connectivity index is 1.78. The number of aryl methyl sites for hydroxylation is 2. The number of thiophene rings is 1. The van der Waals surface area contributed by atoms with E-state index in [9.17, 15) is 4.79 Å². The second-order valence-electron chi connectivity index (χ2n) is 5.52. The highest BCUT2D eigenvalue weighted by molar-refractivity contribution is 7.12. The molecule has 2 aromatic heterocycles. The van der Waals surface area contributed by atoms with Gasteiger partial charge in [-0.1, -0.05) is 0 Å². The largest absolute Gasteiger partial charge is 0.495 e. The minimum atomic E-state index is 0.0473. The number of piperidine rings is 1. The minimum absolute atomic E-state index is 0.0473. The molecule has 1 fully saturated rings. The lowest BCUT2D eigenvalue weighted by Gasteiger charge is -2.33. The van der Waals surface area contributed by atoms with Crippen LogP contribution >= 0.6 is 11.3 Å². The van der Waals surface area contributed by atoms with E-state index >= 15 is 0 Å². The molecule has 0 N–H and O–H groups in total. The summed E-state index contributed by atoms with van der Waals surface area (Å²) in [6.45, 7) is 5.31. The molecule has 0 aromatic carbocycles. The van der Waals surface area contributed by atoms with Crippen LogP contribution in [0.5, 0.6) is 5.75 Å². The number of carbonyl (C=O) groups is 1. The Morgan fingerprint density at radius 1 is 1.45 bits per heavy atom. The molecule has 118 valence electrons. The molecule has 2 aromatic rings. The first-order valence-corrected chi connectivity index (χ1v) is 8.28. The molecule has 1 aliphatic heterocycles. The van der Waals surface area contributed by atoms with Crippen LogP contribution in [-0.2, 0) is 0 Å². The number of carbonyl (C=O) groups excluding carboxylic acids is 1. The van der Waals surface area contributed by atoms with Gasteiger partial charge in [0.1, 0.15) is 22.3 Å². The third-order valence-electron chi connectivity index (χ3n) is 3.98. The van der Waals surface area contributed by atoms with Crippen molar-refractivity contribution in [2.75, 3.05) is 20.2 Å². The molecule has 0 bridgehead atoms. The number of nitrogens with zero attached hydrogens (tertiary/aromatic N) is 4. The smallest absolute Gasteiger partial charge is 0.267 e. The van der Waals surface area contributed by atoms with Gasteiger partial charge in [-0.2, -0.15) is 5.10 Å². The summed E-state index contributed by atoms with van der Waals surface area (Å²) in [6.07, 6.45) is 2.00. The fourth-order valence-electron chi connectivity index (χ4n) is 2.98. The number of ether oxygens (including phenoxy) is 1. The number of hydrogen-bond acceptors (Lipinski definition) is 5. The van der Waals surface area contributed by atoms with Crippen molar-refractivity contribution in [2.24, 2.45) is 0 Å². The fraction of sp³-hybridized carbons (Fsp3) is 0.533. The van der Waals surface area contributed by atoms with Crippen LogP contribution in [0.4, 0.5) is 0 Å². The van der Waals surface area contributed by atoms with Crippen molar-refractivity contribution in [3.8, 4) is 5.75 Å². The maximum atomic E-state index is 12.7. The molecule has 0 spiro atoms. The average Bonchev–Trinajstić information content (AvgIpc) is 3.12. The van der Waals surface area contributed by atoms with Gasteiger partial charge in [0.15, 0.2) is 0 Å². The molecule has 22 heavy (non-hydrogen) atoms.